The van der Waals surface area contributed by atoms with Gasteiger partial charge in [0.1, 0.15) is 5.75 Å². The number of benzene rings is 1. The van der Waals surface area contributed by atoms with Gasteiger partial charge in [-0.05, 0) is 42.7 Å². The van der Waals surface area contributed by atoms with Crippen LogP contribution < -0.4 is 16.0 Å². The first-order chi connectivity index (χ1) is 13.0. The zero-order chi connectivity index (χ0) is 19.6. The van der Waals surface area contributed by atoms with Crippen molar-refractivity contribution in [2.24, 2.45) is 4.99 Å². The molecule has 0 spiro atoms. The molecule has 27 heavy (non-hydrogen) atoms. The summed E-state index contributed by atoms with van der Waals surface area (Å²) in [6.45, 7) is 2.48. The molecule has 7 nitrogen and oxygen atoms in total. The number of amides is 2. The first-order valence-electron chi connectivity index (χ1n) is 8.53. The van der Waals surface area contributed by atoms with Crippen LogP contribution in [0.1, 0.15) is 18.4 Å². The van der Waals surface area contributed by atoms with E-state index in [1.165, 1.54) is 0 Å². The van der Waals surface area contributed by atoms with Crippen LogP contribution in [0.4, 0.5) is 10.5 Å². The number of aliphatic imine (C=N–C) groups is 1. The number of halogens is 1. The van der Waals surface area contributed by atoms with Gasteiger partial charge in [0.05, 0.1) is 23.6 Å². The summed E-state index contributed by atoms with van der Waals surface area (Å²) in [5.74, 6) is 0.440. The predicted octanol–water partition coefficient (Wildman–Crippen LogP) is 2.98. The number of nitrogens with one attached hydrogen (secondary N) is 3. The van der Waals surface area contributed by atoms with E-state index >= 15 is 0 Å². The third-order valence-electron chi connectivity index (χ3n) is 3.76. The van der Waals surface area contributed by atoms with Crippen molar-refractivity contribution in [2.45, 2.75) is 25.1 Å². The summed E-state index contributed by atoms with van der Waals surface area (Å²) in [5.41, 5.74) is 2.30. The second kappa shape index (κ2) is 10.2. The van der Waals surface area contributed by atoms with Gasteiger partial charge < -0.3 is 15.7 Å². The number of carbonyl (C=O) groups is 1. The van der Waals surface area contributed by atoms with Crippen molar-refractivity contribution < 1.29 is 9.90 Å². The Bertz CT molecular complexity index is 811. The Balaban J connectivity index is 2.08. The number of nitrogens with zero attached hydrogens (tertiary/aromatic N) is 2. The molecule has 1 aromatic carbocycles. The lowest BCUT2D eigenvalue weighted by atomic mass is 10.1. The van der Waals surface area contributed by atoms with Gasteiger partial charge in [-0.3, -0.25) is 5.32 Å². The summed E-state index contributed by atoms with van der Waals surface area (Å²) in [6.07, 6.45) is 6.85. The van der Waals surface area contributed by atoms with Gasteiger partial charge in [-0.15, -0.1) is 11.6 Å². The van der Waals surface area contributed by atoms with E-state index in [-0.39, 0.29) is 30.1 Å². The van der Waals surface area contributed by atoms with Gasteiger partial charge in [0.25, 0.3) is 0 Å². The molecule has 1 aliphatic carbocycles. The Hall–Kier alpha value is -2.98. The van der Waals surface area contributed by atoms with Gasteiger partial charge in [-0.2, -0.15) is 5.26 Å². The number of allylic oxidation sites excluding steroid dienone is 2. The molecular formula is C19H22ClN5O2. The number of carbonyl (C=O) groups excluding carboxylic acids is 1. The number of guanidine groups is 1. The number of urea groups is 1. The van der Waals surface area contributed by atoms with Gasteiger partial charge in [0, 0.05) is 13.1 Å². The second-order valence-corrected chi connectivity index (χ2v) is 6.52. The zero-order valence-electron chi connectivity index (χ0n) is 15.0. The van der Waals surface area contributed by atoms with Crippen LogP contribution in [0.3, 0.4) is 0 Å². The number of hydrogen-bond acceptors (Lipinski definition) is 4. The molecule has 8 heteroatoms. The van der Waals surface area contributed by atoms with E-state index in [2.05, 4.69) is 20.9 Å². The quantitative estimate of drug-likeness (QED) is 0.269. The van der Waals surface area contributed by atoms with Crippen molar-refractivity contribution in [3.63, 3.8) is 0 Å². The average Bonchev–Trinajstić information content (AvgIpc) is 2.64. The second-order valence-electron chi connectivity index (χ2n) is 5.96. The fourth-order valence-corrected chi connectivity index (χ4v) is 2.45. The van der Waals surface area contributed by atoms with Gasteiger partial charge in [-0.25, -0.2) is 9.79 Å². The van der Waals surface area contributed by atoms with Crippen LogP contribution in [-0.2, 0) is 0 Å². The number of phenolic OH excluding ortho intramolecular Hbond substituents is 1. The maximum Gasteiger partial charge on any atom is 0.321 e. The number of rotatable bonds is 5. The fourth-order valence-electron chi connectivity index (χ4n) is 2.29. The highest BCUT2D eigenvalue weighted by Gasteiger charge is 2.09. The smallest absolute Gasteiger partial charge is 0.321 e. The van der Waals surface area contributed by atoms with Gasteiger partial charge >= 0.3 is 6.03 Å². The minimum absolute atomic E-state index is 0.00546. The topological polar surface area (TPSA) is 110 Å². The minimum atomic E-state index is -0.457. The fraction of sp³-hybridized carbons (Fsp3) is 0.316. The van der Waals surface area contributed by atoms with Crippen LogP contribution >= 0.6 is 11.6 Å². The molecule has 0 heterocycles. The number of phenols is 1. The molecule has 1 aliphatic rings. The molecule has 4 N–H and O–H groups in total. The van der Waals surface area contributed by atoms with Crippen LogP contribution in [0.15, 0.2) is 47.0 Å². The first-order valence-corrected chi connectivity index (χ1v) is 8.97. The number of alkyl halides is 1. The number of nitriles is 1. The van der Waals surface area contributed by atoms with E-state index < -0.39 is 6.03 Å². The third kappa shape index (κ3) is 7.04. The van der Waals surface area contributed by atoms with E-state index in [0.29, 0.717) is 17.8 Å². The minimum Gasteiger partial charge on any atom is -0.508 e. The van der Waals surface area contributed by atoms with E-state index in [1.54, 1.807) is 25.1 Å². The number of hydrogen-bond donors (Lipinski definition) is 4. The first kappa shape index (κ1) is 20.3. The van der Waals surface area contributed by atoms with Gasteiger partial charge in [0.2, 0.25) is 5.96 Å². The normalized spacial score (nSPS) is 16.3. The predicted molar refractivity (Wildman–Crippen MR) is 106 cm³/mol. The molecule has 0 aromatic heterocycles. The van der Waals surface area contributed by atoms with Crippen molar-refractivity contribution >= 4 is 29.3 Å². The molecule has 0 saturated heterocycles. The lowest BCUT2D eigenvalue weighted by molar-refractivity contribution is 0.245. The largest absolute Gasteiger partial charge is 0.508 e. The van der Waals surface area contributed by atoms with Crippen molar-refractivity contribution in [2.75, 3.05) is 13.1 Å². The molecule has 1 unspecified atom stereocenters. The van der Waals surface area contributed by atoms with Crippen molar-refractivity contribution in [3.05, 3.63) is 47.6 Å². The Morgan fingerprint density at radius 1 is 1.44 bits per heavy atom. The zero-order valence-corrected chi connectivity index (χ0v) is 15.8. The summed E-state index contributed by atoms with van der Waals surface area (Å²) >= 11 is 6.02. The van der Waals surface area contributed by atoms with E-state index in [0.717, 1.165) is 12.0 Å². The van der Waals surface area contributed by atoms with Crippen LogP contribution in [0.5, 0.6) is 5.75 Å². The molecule has 1 atom stereocenters. The van der Waals surface area contributed by atoms with Gasteiger partial charge in [0.15, 0.2) is 0 Å². The number of aromatic hydroxyl groups is 1. The Kier molecular flexibility index (Phi) is 7.71. The summed E-state index contributed by atoms with van der Waals surface area (Å²) in [5, 5.41) is 26.5. The lowest BCUT2D eigenvalue weighted by Gasteiger charge is -2.15. The lowest BCUT2D eigenvalue weighted by Crippen LogP contribution is -2.46. The molecule has 0 aliphatic heterocycles. The van der Waals surface area contributed by atoms with Crippen LogP contribution in [0.25, 0.3) is 0 Å². The van der Waals surface area contributed by atoms with Crippen LogP contribution in [-0.4, -0.2) is 35.6 Å². The van der Waals surface area contributed by atoms with E-state index in [4.69, 9.17) is 16.9 Å². The standard InChI is InChI=1S/C19H22ClN5O2/c1-13-11-16(7-8-17(13)26)24-18(25-19(27)22-10-2-9-21)23-12-14-3-5-15(20)6-4-14/h3-5,7-8,11,15,26H,2,6,10,12H2,1H3,(H3,22,23,24,25,27). The average molecular weight is 388 g/mol. The summed E-state index contributed by atoms with van der Waals surface area (Å²) in [6, 6.07) is 6.41. The van der Waals surface area contributed by atoms with E-state index in [1.807, 2.05) is 24.3 Å². The van der Waals surface area contributed by atoms with Crippen molar-refractivity contribution in [1.82, 2.24) is 16.0 Å². The van der Waals surface area contributed by atoms with E-state index in [9.17, 15) is 9.90 Å². The summed E-state index contributed by atoms with van der Waals surface area (Å²) < 4.78 is 0. The highest BCUT2D eigenvalue weighted by Crippen LogP contribution is 2.22. The molecular weight excluding hydrogens is 366 g/mol. The molecule has 0 fully saturated rings. The van der Waals surface area contributed by atoms with Gasteiger partial charge in [-0.1, -0.05) is 18.2 Å². The molecule has 1 aromatic rings. The highest BCUT2D eigenvalue weighted by atomic mass is 35.5. The molecule has 2 rings (SSSR count). The molecule has 0 saturated carbocycles. The Morgan fingerprint density at radius 2 is 2.26 bits per heavy atom. The molecule has 0 radical (unpaired) electrons. The van der Waals surface area contributed by atoms with Crippen LogP contribution in [0.2, 0.25) is 0 Å². The highest BCUT2D eigenvalue weighted by molar-refractivity contribution is 6.22. The number of aryl methyl sites for hydroxylation is 1. The maximum absolute atomic E-state index is 12.0. The van der Waals surface area contributed by atoms with Crippen molar-refractivity contribution in [3.8, 4) is 11.8 Å². The van der Waals surface area contributed by atoms with Crippen LogP contribution in [0, 0.1) is 18.3 Å². The molecule has 0 bridgehead atoms. The Morgan fingerprint density at radius 3 is 2.93 bits per heavy atom. The summed E-state index contributed by atoms with van der Waals surface area (Å²) in [4.78, 5) is 16.4. The third-order valence-corrected chi connectivity index (χ3v) is 4.08. The Labute approximate surface area is 163 Å². The van der Waals surface area contributed by atoms with Crippen molar-refractivity contribution in [1.29, 1.82) is 5.26 Å². The summed E-state index contributed by atoms with van der Waals surface area (Å²) in [7, 11) is 0. The molecule has 2 amide bonds. The SMILES string of the molecule is Cc1cc(/N=C(/NCC2=CCC(Cl)C=C2)NC(=O)NCCC#N)ccc1O. The monoisotopic (exact) mass is 387 g/mol. The maximum atomic E-state index is 12.0. The molecule has 142 valence electrons.